The van der Waals surface area contributed by atoms with Crippen LogP contribution in [0.5, 0.6) is 0 Å². The van der Waals surface area contributed by atoms with E-state index in [4.69, 9.17) is 0 Å². The molecule has 0 aliphatic carbocycles. The first-order chi connectivity index (χ1) is 12.5. The molecule has 2 aliphatic heterocycles. The van der Waals surface area contributed by atoms with Crippen molar-refractivity contribution in [2.75, 3.05) is 51.2 Å². The highest BCUT2D eigenvalue weighted by Gasteiger charge is 2.30. The van der Waals surface area contributed by atoms with Crippen LogP contribution in [0, 0.1) is 11.8 Å². The predicted molar refractivity (Wildman–Crippen MR) is 105 cm³/mol. The van der Waals surface area contributed by atoms with Crippen LogP contribution in [-0.2, 0) is 10.0 Å². The fourth-order valence-corrected chi connectivity index (χ4v) is 5.59. The average Bonchev–Trinajstić information content (AvgIpc) is 3.13. The molecular formula is C19H32N4O2S. The number of anilines is 1. The van der Waals surface area contributed by atoms with Crippen molar-refractivity contribution in [1.82, 2.24) is 14.2 Å². The molecule has 0 amide bonds. The van der Waals surface area contributed by atoms with Gasteiger partial charge < -0.3 is 9.80 Å². The molecule has 6 nitrogen and oxygen atoms in total. The fraction of sp³-hybridized carbons (Fsp3) is 0.737. The molecule has 2 saturated heterocycles. The van der Waals surface area contributed by atoms with Crippen LogP contribution in [0.1, 0.15) is 33.1 Å². The number of nitrogens with zero attached hydrogens (tertiary/aromatic N) is 4. The standard InChI is InChI=1S/C19H32N4O2S/c1-4-16(5-2)17-8-9-22(15-17)19-7-6-18(14-20-19)26(24,25)23-12-10-21(3)11-13-23/h6-7,14,16-17H,4-5,8-13,15H2,1-3H3. The van der Waals surface area contributed by atoms with E-state index in [0.717, 1.165) is 43.8 Å². The van der Waals surface area contributed by atoms with Gasteiger partial charge in [-0.25, -0.2) is 13.4 Å². The molecule has 3 rings (SSSR count). The summed E-state index contributed by atoms with van der Waals surface area (Å²) in [6.45, 7) is 9.22. The molecule has 1 aromatic rings. The quantitative estimate of drug-likeness (QED) is 0.758. The van der Waals surface area contributed by atoms with E-state index < -0.39 is 10.0 Å². The maximum atomic E-state index is 12.8. The summed E-state index contributed by atoms with van der Waals surface area (Å²) in [7, 11) is -1.41. The Morgan fingerprint density at radius 1 is 1.12 bits per heavy atom. The Morgan fingerprint density at radius 2 is 1.81 bits per heavy atom. The first-order valence-electron chi connectivity index (χ1n) is 9.85. The van der Waals surface area contributed by atoms with Crippen molar-refractivity contribution in [3.05, 3.63) is 18.3 Å². The van der Waals surface area contributed by atoms with Gasteiger partial charge in [-0.2, -0.15) is 4.31 Å². The molecule has 0 aromatic carbocycles. The molecule has 3 heterocycles. The lowest BCUT2D eigenvalue weighted by molar-refractivity contribution is 0.222. The number of rotatable bonds is 6. The third-order valence-electron chi connectivity index (χ3n) is 6.08. The second-order valence-corrected chi connectivity index (χ2v) is 9.57. The van der Waals surface area contributed by atoms with E-state index in [1.165, 1.54) is 25.5 Å². The SMILES string of the molecule is CCC(CC)C1CCN(c2ccc(S(=O)(=O)N3CCN(C)CC3)cn2)C1. The zero-order valence-corrected chi connectivity index (χ0v) is 17.1. The van der Waals surface area contributed by atoms with Crippen molar-refractivity contribution in [2.45, 2.75) is 38.0 Å². The molecule has 0 N–H and O–H groups in total. The zero-order chi connectivity index (χ0) is 18.7. The molecule has 2 aliphatic rings. The summed E-state index contributed by atoms with van der Waals surface area (Å²) >= 11 is 0. The van der Waals surface area contributed by atoms with E-state index in [1.54, 1.807) is 10.4 Å². The largest absolute Gasteiger partial charge is 0.356 e. The minimum absolute atomic E-state index is 0.307. The summed E-state index contributed by atoms with van der Waals surface area (Å²) in [6, 6.07) is 3.60. The lowest BCUT2D eigenvalue weighted by Crippen LogP contribution is -2.47. The molecular weight excluding hydrogens is 348 g/mol. The second-order valence-electron chi connectivity index (χ2n) is 7.63. The number of piperazine rings is 1. The van der Waals surface area contributed by atoms with Crippen LogP contribution >= 0.6 is 0 Å². The Hall–Kier alpha value is -1.18. The van der Waals surface area contributed by atoms with Crippen molar-refractivity contribution in [2.24, 2.45) is 11.8 Å². The van der Waals surface area contributed by atoms with E-state index in [0.29, 0.717) is 18.0 Å². The van der Waals surface area contributed by atoms with E-state index in [1.807, 2.05) is 13.1 Å². The van der Waals surface area contributed by atoms with Gasteiger partial charge in [0.15, 0.2) is 0 Å². The Labute approximate surface area is 158 Å². The van der Waals surface area contributed by atoms with Crippen molar-refractivity contribution in [1.29, 1.82) is 0 Å². The van der Waals surface area contributed by atoms with E-state index in [-0.39, 0.29) is 0 Å². The number of pyridine rings is 1. The predicted octanol–water partition coefficient (Wildman–Crippen LogP) is 2.28. The summed E-state index contributed by atoms with van der Waals surface area (Å²) in [5.74, 6) is 2.40. The highest BCUT2D eigenvalue weighted by atomic mass is 32.2. The van der Waals surface area contributed by atoms with Crippen LogP contribution < -0.4 is 4.90 Å². The number of aromatic nitrogens is 1. The molecule has 2 fully saturated rings. The van der Waals surface area contributed by atoms with Crippen molar-refractivity contribution < 1.29 is 8.42 Å². The summed E-state index contributed by atoms with van der Waals surface area (Å²) in [5, 5.41) is 0. The molecule has 7 heteroatoms. The van der Waals surface area contributed by atoms with Crippen LogP contribution in [-0.4, -0.2) is 68.9 Å². The Kier molecular flexibility index (Phi) is 6.20. The third kappa shape index (κ3) is 4.05. The van der Waals surface area contributed by atoms with Gasteiger partial charge in [0.2, 0.25) is 10.0 Å². The summed E-state index contributed by atoms with van der Waals surface area (Å²) in [4.78, 5) is 9.25. The highest BCUT2D eigenvalue weighted by Crippen LogP contribution is 2.31. The number of hydrogen-bond donors (Lipinski definition) is 0. The van der Waals surface area contributed by atoms with Crippen LogP contribution in [0.3, 0.4) is 0 Å². The maximum absolute atomic E-state index is 12.8. The smallest absolute Gasteiger partial charge is 0.244 e. The van der Waals surface area contributed by atoms with Gasteiger partial charge >= 0.3 is 0 Å². The molecule has 0 bridgehead atoms. The van der Waals surface area contributed by atoms with E-state index >= 15 is 0 Å². The van der Waals surface area contributed by atoms with Crippen LogP contribution in [0.4, 0.5) is 5.82 Å². The summed E-state index contributed by atoms with van der Waals surface area (Å²) in [5.41, 5.74) is 0. The van der Waals surface area contributed by atoms with Crippen LogP contribution in [0.2, 0.25) is 0 Å². The van der Waals surface area contributed by atoms with Gasteiger partial charge in [-0.15, -0.1) is 0 Å². The van der Waals surface area contributed by atoms with Crippen LogP contribution in [0.25, 0.3) is 0 Å². The van der Waals surface area contributed by atoms with E-state index in [9.17, 15) is 8.42 Å². The Morgan fingerprint density at radius 3 is 2.38 bits per heavy atom. The van der Waals surface area contributed by atoms with Gasteiger partial charge in [-0.05, 0) is 37.4 Å². The number of hydrogen-bond acceptors (Lipinski definition) is 5. The van der Waals surface area contributed by atoms with Crippen LogP contribution in [0.15, 0.2) is 23.2 Å². The summed E-state index contributed by atoms with van der Waals surface area (Å²) in [6.07, 6.45) is 5.19. The Bertz CT molecular complexity index is 680. The van der Waals surface area contributed by atoms with Gasteiger partial charge in [-0.1, -0.05) is 26.7 Å². The first-order valence-corrected chi connectivity index (χ1v) is 11.3. The lowest BCUT2D eigenvalue weighted by Gasteiger charge is -2.31. The molecule has 0 radical (unpaired) electrons. The minimum atomic E-state index is -3.43. The fourth-order valence-electron chi connectivity index (χ4n) is 4.23. The van der Waals surface area contributed by atoms with Crippen molar-refractivity contribution in [3.63, 3.8) is 0 Å². The molecule has 1 aromatic heterocycles. The van der Waals surface area contributed by atoms with Gasteiger partial charge in [0, 0.05) is 45.5 Å². The number of sulfonamides is 1. The summed E-state index contributed by atoms with van der Waals surface area (Å²) < 4.78 is 27.2. The zero-order valence-electron chi connectivity index (χ0n) is 16.3. The normalized spacial score (nSPS) is 23.1. The molecule has 0 saturated carbocycles. The van der Waals surface area contributed by atoms with Gasteiger partial charge in [0.05, 0.1) is 0 Å². The minimum Gasteiger partial charge on any atom is -0.356 e. The monoisotopic (exact) mass is 380 g/mol. The molecule has 146 valence electrons. The molecule has 26 heavy (non-hydrogen) atoms. The molecule has 0 spiro atoms. The topological polar surface area (TPSA) is 56.8 Å². The van der Waals surface area contributed by atoms with Gasteiger partial charge in [0.25, 0.3) is 0 Å². The maximum Gasteiger partial charge on any atom is 0.244 e. The van der Waals surface area contributed by atoms with Crippen molar-refractivity contribution in [3.8, 4) is 0 Å². The Balaban J connectivity index is 1.67. The highest BCUT2D eigenvalue weighted by molar-refractivity contribution is 7.89. The van der Waals surface area contributed by atoms with E-state index in [2.05, 4.69) is 28.6 Å². The average molecular weight is 381 g/mol. The second kappa shape index (κ2) is 8.23. The first kappa shape index (κ1) is 19.6. The van der Waals surface area contributed by atoms with Gasteiger partial charge in [-0.3, -0.25) is 0 Å². The number of likely N-dealkylation sites (N-methyl/N-ethyl adjacent to an activating group) is 1. The lowest BCUT2D eigenvalue weighted by atomic mass is 9.87. The third-order valence-corrected chi connectivity index (χ3v) is 7.97. The molecule has 1 atom stereocenters. The van der Waals surface area contributed by atoms with Gasteiger partial charge in [0.1, 0.15) is 10.7 Å². The molecule has 1 unspecified atom stereocenters. The van der Waals surface area contributed by atoms with Crippen molar-refractivity contribution >= 4 is 15.8 Å².